The predicted octanol–water partition coefficient (Wildman–Crippen LogP) is 16.7. The molecule has 9 aromatic carbocycles. The minimum atomic E-state index is -0.431. The number of anilines is 6. The Labute approximate surface area is 423 Å². The SMILES string of the molecule is Cc1ccc(N2c3cccc4c3B(c3ccc(-c5c(C(C)C)cccc5C(C)C)cc3N4c3ccccc3)c3sc4cc5c(cc4c32)-c2ccc(C(C)C)cc2C52c3ccccc3-c3ccccc32)cc1. The van der Waals surface area contributed by atoms with Crippen molar-refractivity contribution in [3.8, 4) is 33.4 Å². The van der Waals surface area contributed by atoms with Crippen molar-refractivity contribution in [1.82, 2.24) is 0 Å². The van der Waals surface area contributed by atoms with Crippen LogP contribution in [0.4, 0.5) is 34.1 Å². The van der Waals surface area contributed by atoms with Gasteiger partial charge in [0.2, 0.25) is 0 Å². The average Bonchev–Trinajstić information content (AvgIpc) is 4.01. The molecule has 4 heteroatoms. The maximum Gasteiger partial charge on any atom is 0.264 e. The van der Waals surface area contributed by atoms with Gasteiger partial charge in [0.15, 0.2) is 0 Å². The van der Waals surface area contributed by atoms with Crippen molar-refractivity contribution in [3.05, 3.63) is 233 Å². The van der Waals surface area contributed by atoms with E-state index < -0.39 is 5.41 Å². The van der Waals surface area contributed by atoms with E-state index in [0.29, 0.717) is 17.8 Å². The fraction of sp³-hybridized carbons (Fsp3) is 0.164. The Bertz CT molecular complexity index is 3770. The first-order valence-corrected chi connectivity index (χ1v) is 26.5. The topological polar surface area (TPSA) is 6.48 Å². The Morgan fingerprint density at radius 3 is 1.75 bits per heavy atom. The molecule has 342 valence electrons. The Kier molecular flexibility index (Phi) is 9.30. The van der Waals surface area contributed by atoms with Gasteiger partial charge >= 0.3 is 0 Å². The maximum absolute atomic E-state index is 2.62. The molecule has 10 aromatic rings. The second-order valence-electron chi connectivity index (χ2n) is 21.4. The number of hydrogen-bond donors (Lipinski definition) is 0. The quantitative estimate of drug-likeness (QED) is 0.153. The van der Waals surface area contributed by atoms with Gasteiger partial charge in [-0.25, -0.2) is 0 Å². The first-order chi connectivity index (χ1) is 34.6. The van der Waals surface area contributed by atoms with Gasteiger partial charge in [-0.2, -0.15) is 0 Å². The van der Waals surface area contributed by atoms with Crippen LogP contribution in [0.2, 0.25) is 0 Å². The first kappa shape index (κ1) is 42.5. The first-order valence-electron chi connectivity index (χ1n) is 25.7. The summed E-state index contributed by atoms with van der Waals surface area (Å²) >= 11 is 2.01. The van der Waals surface area contributed by atoms with Gasteiger partial charge in [0.05, 0.1) is 11.1 Å². The van der Waals surface area contributed by atoms with Crippen molar-refractivity contribution < 1.29 is 0 Å². The summed E-state index contributed by atoms with van der Waals surface area (Å²) in [5.41, 5.74) is 28.7. The van der Waals surface area contributed by atoms with E-state index in [0.717, 1.165) is 0 Å². The molecule has 0 saturated heterocycles. The van der Waals surface area contributed by atoms with Crippen molar-refractivity contribution in [1.29, 1.82) is 0 Å². The lowest BCUT2D eigenvalue weighted by molar-refractivity contribution is 0.785. The average molecular weight is 931 g/mol. The van der Waals surface area contributed by atoms with Crippen LogP contribution in [0.3, 0.4) is 0 Å². The van der Waals surface area contributed by atoms with Gasteiger partial charge in [0.1, 0.15) is 0 Å². The normalized spacial score (nSPS) is 14.3. The zero-order chi connectivity index (χ0) is 48.0. The highest BCUT2D eigenvalue weighted by molar-refractivity contribution is 7.33. The number of rotatable bonds is 6. The molecule has 1 aromatic heterocycles. The van der Waals surface area contributed by atoms with E-state index in [1.807, 2.05) is 11.3 Å². The molecule has 0 bridgehead atoms. The van der Waals surface area contributed by atoms with E-state index >= 15 is 0 Å². The molecule has 4 aliphatic rings. The van der Waals surface area contributed by atoms with Crippen LogP contribution in [0.15, 0.2) is 188 Å². The minimum absolute atomic E-state index is 0.0156. The summed E-state index contributed by atoms with van der Waals surface area (Å²) in [5.74, 6) is 1.18. The second kappa shape index (κ2) is 15.6. The fourth-order valence-electron chi connectivity index (χ4n) is 13.3. The van der Waals surface area contributed by atoms with Crippen LogP contribution < -0.4 is 25.5 Å². The summed E-state index contributed by atoms with van der Waals surface area (Å²) in [6, 6.07) is 72.8. The van der Waals surface area contributed by atoms with E-state index in [4.69, 9.17) is 0 Å². The molecule has 0 unspecified atom stereocenters. The van der Waals surface area contributed by atoms with Gasteiger partial charge < -0.3 is 9.80 Å². The molecule has 3 heterocycles. The van der Waals surface area contributed by atoms with Crippen LogP contribution in [0.25, 0.3) is 43.5 Å². The third-order valence-electron chi connectivity index (χ3n) is 16.5. The van der Waals surface area contributed by atoms with E-state index in [-0.39, 0.29) is 6.71 Å². The molecule has 1 spiro atoms. The highest BCUT2D eigenvalue weighted by Gasteiger charge is 2.53. The van der Waals surface area contributed by atoms with Crippen LogP contribution >= 0.6 is 11.3 Å². The van der Waals surface area contributed by atoms with Crippen LogP contribution in [-0.2, 0) is 5.41 Å². The van der Waals surface area contributed by atoms with Gasteiger partial charge in [-0.3, -0.25) is 0 Å². The fourth-order valence-corrected chi connectivity index (χ4v) is 14.6. The van der Waals surface area contributed by atoms with Crippen LogP contribution in [0, 0.1) is 6.92 Å². The van der Waals surface area contributed by atoms with Gasteiger partial charge in [0.25, 0.3) is 6.71 Å². The molecular weight excluding hydrogens is 876 g/mol. The zero-order valence-corrected chi connectivity index (χ0v) is 42.3. The molecule has 2 nitrogen and oxygen atoms in total. The summed E-state index contributed by atoms with van der Waals surface area (Å²) in [6.07, 6.45) is 0. The molecule has 0 N–H and O–H groups in total. The lowest BCUT2D eigenvalue weighted by Crippen LogP contribution is -2.60. The number of hydrogen-bond acceptors (Lipinski definition) is 3. The highest BCUT2D eigenvalue weighted by Crippen LogP contribution is 2.64. The largest absolute Gasteiger partial charge is 0.311 e. The molecule has 0 amide bonds. The highest BCUT2D eigenvalue weighted by atomic mass is 32.1. The Morgan fingerprint density at radius 2 is 1.07 bits per heavy atom. The Hall–Kier alpha value is -7.40. The smallest absolute Gasteiger partial charge is 0.264 e. The summed E-state index contributed by atoms with van der Waals surface area (Å²) in [5, 5.41) is 1.31. The lowest BCUT2D eigenvalue weighted by atomic mass is 9.36. The Balaban J connectivity index is 1.08. The minimum Gasteiger partial charge on any atom is -0.311 e. The van der Waals surface area contributed by atoms with Crippen molar-refractivity contribution >= 4 is 78.0 Å². The third-order valence-corrected chi connectivity index (χ3v) is 17.7. The van der Waals surface area contributed by atoms with Crippen molar-refractivity contribution in [3.63, 3.8) is 0 Å². The van der Waals surface area contributed by atoms with E-state index in [2.05, 4.69) is 246 Å². The number of aryl methyl sites for hydroxylation is 1. The summed E-state index contributed by atoms with van der Waals surface area (Å²) in [7, 11) is 0. The van der Waals surface area contributed by atoms with Crippen LogP contribution in [0.5, 0.6) is 0 Å². The third kappa shape index (κ3) is 5.83. The van der Waals surface area contributed by atoms with Crippen LogP contribution in [0.1, 0.15) is 104 Å². The molecule has 0 radical (unpaired) electrons. The van der Waals surface area contributed by atoms with Crippen LogP contribution in [-0.4, -0.2) is 6.71 Å². The maximum atomic E-state index is 2.62. The number of para-hydroxylation sites is 1. The molecule has 2 aliphatic carbocycles. The van der Waals surface area contributed by atoms with E-state index in [1.54, 1.807) is 0 Å². The molecule has 0 fully saturated rings. The Morgan fingerprint density at radius 1 is 0.465 bits per heavy atom. The van der Waals surface area contributed by atoms with Gasteiger partial charge in [-0.15, -0.1) is 11.3 Å². The lowest BCUT2D eigenvalue weighted by Gasteiger charge is -2.43. The van der Waals surface area contributed by atoms with Gasteiger partial charge in [-0.05, 0) is 163 Å². The summed E-state index contributed by atoms with van der Waals surface area (Å²) < 4.78 is 2.72. The number of benzene rings is 9. The standard InChI is InChI=1S/C67H55BN2S/c1-39(2)43-29-33-51-52-37-53-62(38-57(52)67(56(51)35-43)54-23-13-11-19-49(54)50-20-12-14-24-55(50)67)71-66-65(53)70(46-31-27-42(7)28-32-46)60-26-16-25-59-64(60)68(66)58-34-30-44(36-61(58)69(59)45-17-9-8-10-18-45)63-47(40(3)4)21-15-22-48(63)41(5)6/h8-41H,1-7H3. The summed E-state index contributed by atoms with van der Waals surface area (Å²) in [4.78, 5) is 5.17. The molecule has 0 atom stereocenters. The molecule has 2 aliphatic heterocycles. The zero-order valence-electron chi connectivity index (χ0n) is 41.5. The van der Waals surface area contributed by atoms with E-state index in [1.165, 1.54) is 138 Å². The second-order valence-corrected chi connectivity index (χ2v) is 22.5. The molecule has 0 saturated carbocycles. The number of thiophene rings is 1. The van der Waals surface area contributed by atoms with Crippen molar-refractivity contribution in [2.24, 2.45) is 0 Å². The molecule has 14 rings (SSSR count). The van der Waals surface area contributed by atoms with Gasteiger partial charge in [0, 0.05) is 43.3 Å². The molecular formula is C67H55BN2S. The van der Waals surface area contributed by atoms with E-state index in [9.17, 15) is 0 Å². The van der Waals surface area contributed by atoms with Crippen molar-refractivity contribution in [2.45, 2.75) is 71.6 Å². The predicted molar refractivity (Wildman–Crippen MR) is 305 cm³/mol. The molecule has 71 heavy (non-hydrogen) atoms. The summed E-state index contributed by atoms with van der Waals surface area (Å²) in [6.45, 7) is 16.2. The van der Waals surface area contributed by atoms with Crippen molar-refractivity contribution in [2.75, 3.05) is 9.80 Å². The number of fused-ring (bicyclic) bond motifs is 16. The monoisotopic (exact) mass is 930 g/mol. The van der Waals surface area contributed by atoms with Gasteiger partial charge in [-0.1, -0.05) is 181 Å². The number of nitrogens with zero attached hydrogens (tertiary/aromatic N) is 2.